The zero-order chi connectivity index (χ0) is 23.7. The third kappa shape index (κ3) is 4.50. The van der Waals surface area contributed by atoms with Gasteiger partial charge in [0.15, 0.2) is 0 Å². The number of ether oxygens (including phenoxy) is 1. The molecule has 0 atom stereocenters. The van der Waals surface area contributed by atoms with Crippen molar-refractivity contribution in [2.24, 2.45) is 13.0 Å². The SMILES string of the molecule is C=CC(=O)Nc1cc(-c2c(-c3cnn(C)c3)[nH]c3ncc(OCC(C)C)cc23)cc(F)c1C.[HH].[HH]. The quantitative estimate of drug-likeness (QED) is 0.352. The maximum absolute atomic E-state index is 15.0. The van der Waals surface area contributed by atoms with E-state index in [0.29, 0.717) is 40.7 Å². The fraction of sp³-hybridized carbons (Fsp3) is 0.240. The lowest BCUT2D eigenvalue weighted by Gasteiger charge is -2.12. The first-order valence-corrected chi connectivity index (χ1v) is 10.6. The molecule has 0 aliphatic carbocycles. The van der Waals surface area contributed by atoms with Crippen molar-refractivity contribution in [1.29, 1.82) is 0 Å². The lowest BCUT2D eigenvalue weighted by molar-refractivity contribution is -0.111. The Morgan fingerprint density at radius 1 is 1.33 bits per heavy atom. The van der Waals surface area contributed by atoms with E-state index in [-0.39, 0.29) is 2.85 Å². The first-order valence-electron chi connectivity index (χ1n) is 10.6. The maximum Gasteiger partial charge on any atom is 0.247 e. The summed E-state index contributed by atoms with van der Waals surface area (Å²) in [4.78, 5) is 19.8. The molecule has 0 saturated heterocycles. The summed E-state index contributed by atoms with van der Waals surface area (Å²) in [5.74, 6) is 0.146. The van der Waals surface area contributed by atoms with Gasteiger partial charge in [0.2, 0.25) is 5.91 Å². The summed E-state index contributed by atoms with van der Waals surface area (Å²) >= 11 is 0. The number of aromatic nitrogens is 4. The molecule has 0 spiro atoms. The van der Waals surface area contributed by atoms with Crippen molar-refractivity contribution in [1.82, 2.24) is 19.7 Å². The molecule has 0 aliphatic heterocycles. The Morgan fingerprint density at radius 2 is 2.12 bits per heavy atom. The van der Waals surface area contributed by atoms with Crippen molar-refractivity contribution >= 4 is 22.6 Å². The second-order valence-electron chi connectivity index (χ2n) is 8.37. The Hall–Kier alpha value is -3.94. The van der Waals surface area contributed by atoms with Gasteiger partial charge in [-0.2, -0.15) is 5.10 Å². The second-order valence-corrected chi connectivity index (χ2v) is 8.37. The molecule has 0 radical (unpaired) electrons. The Bertz CT molecular complexity index is 1360. The van der Waals surface area contributed by atoms with Crippen molar-refractivity contribution in [3.63, 3.8) is 0 Å². The minimum atomic E-state index is -0.432. The van der Waals surface area contributed by atoms with Crippen LogP contribution in [0, 0.1) is 18.7 Å². The molecular weight excluding hydrogens is 421 g/mol. The number of aryl methyl sites for hydroxylation is 1. The summed E-state index contributed by atoms with van der Waals surface area (Å²) in [5.41, 5.74) is 4.26. The van der Waals surface area contributed by atoms with E-state index >= 15 is 0 Å². The number of carbonyl (C=O) groups excluding carboxylic acids is 1. The minimum absolute atomic E-state index is 0. The number of nitrogens with one attached hydrogen (secondary N) is 2. The van der Waals surface area contributed by atoms with Gasteiger partial charge >= 0.3 is 0 Å². The van der Waals surface area contributed by atoms with E-state index in [4.69, 9.17) is 4.74 Å². The van der Waals surface area contributed by atoms with Gasteiger partial charge in [-0.05, 0) is 42.7 Å². The highest BCUT2D eigenvalue weighted by molar-refractivity contribution is 6.04. The van der Waals surface area contributed by atoms with Crippen molar-refractivity contribution in [2.75, 3.05) is 11.9 Å². The second kappa shape index (κ2) is 8.90. The number of amides is 1. The van der Waals surface area contributed by atoms with Crippen LogP contribution in [0.15, 0.2) is 49.4 Å². The molecule has 3 heterocycles. The molecule has 7 nitrogen and oxygen atoms in total. The van der Waals surface area contributed by atoms with Gasteiger partial charge in [-0.3, -0.25) is 9.48 Å². The van der Waals surface area contributed by atoms with Crippen molar-refractivity contribution < 1.29 is 16.8 Å². The molecule has 0 bridgehead atoms. The van der Waals surface area contributed by atoms with Crippen molar-refractivity contribution in [3.8, 4) is 28.1 Å². The number of anilines is 1. The van der Waals surface area contributed by atoms with Crippen LogP contribution >= 0.6 is 0 Å². The van der Waals surface area contributed by atoms with Crippen LogP contribution in [0.3, 0.4) is 0 Å². The predicted octanol–water partition coefficient (Wildman–Crippen LogP) is 5.73. The molecule has 1 aromatic carbocycles. The molecule has 0 unspecified atom stereocenters. The van der Waals surface area contributed by atoms with E-state index in [9.17, 15) is 9.18 Å². The topological polar surface area (TPSA) is 84.8 Å². The van der Waals surface area contributed by atoms with Crippen LogP contribution < -0.4 is 10.1 Å². The molecule has 0 fully saturated rings. The van der Waals surface area contributed by atoms with Crippen molar-refractivity contribution in [2.45, 2.75) is 20.8 Å². The Morgan fingerprint density at radius 3 is 2.79 bits per heavy atom. The average molecular weight is 452 g/mol. The fourth-order valence-corrected chi connectivity index (χ4v) is 3.60. The third-order valence-electron chi connectivity index (χ3n) is 5.28. The number of nitrogens with zero attached hydrogens (tertiary/aromatic N) is 3. The van der Waals surface area contributed by atoms with Gasteiger partial charge in [0, 0.05) is 43.9 Å². The highest BCUT2D eigenvalue weighted by Crippen LogP contribution is 2.40. The number of hydrogen-bond donors (Lipinski definition) is 2. The lowest BCUT2D eigenvalue weighted by atomic mass is 9.98. The lowest BCUT2D eigenvalue weighted by Crippen LogP contribution is -2.09. The molecule has 174 valence electrons. The Labute approximate surface area is 194 Å². The third-order valence-corrected chi connectivity index (χ3v) is 5.28. The van der Waals surface area contributed by atoms with Crippen molar-refractivity contribution in [3.05, 3.63) is 60.8 Å². The summed E-state index contributed by atoms with van der Waals surface area (Å²) in [6.07, 6.45) is 6.42. The summed E-state index contributed by atoms with van der Waals surface area (Å²) in [5, 5.41) is 7.75. The minimum Gasteiger partial charge on any atom is -0.492 e. The van der Waals surface area contributed by atoms with Crippen LogP contribution in [0.1, 0.15) is 22.3 Å². The molecule has 1 amide bonds. The average Bonchev–Trinajstić information content (AvgIpc) is 3.38. The van der Waals surface area contributed by atoms with E-state index in [1.54, 1.807) is 30.1 Å². The molecular formula is C25H30FN5O2. The highest BCUT2D eigenvalue weighted by atomic mass is 19.1. The predicted molar refractivity (Wildman–Crippen MR) is 132 cm³/mol. The molecule has 2 N–H and O–H groups in total. The molecule has 0 aliphatic rings. The number of carbonyl (C=O) groups is 1. The summed E-state index contributed by atoms with van der Waals surface area (Å²) < 4.78 is 22.5. The van der Waals surface area contributed by atoms with E-state index in [1.807, 2.05) is 19.3 Å². The molecule has 0 saturated carbocycles. The van der Waals surface area contributed by atoms with Gasteiger partial charge in [-0.25, -0.2) is 9.37 Å². The number of H-pyrrole nitrogens is 1. The number of halogens is 1. The van der Waals surface area contributed by atoms with Crippen LogP contribution in [0.2, 0.25) is 0 Å². The number of hydrogen-bond acceptors (Lipinski definition) is 4. The van der Waals surface area contributed by atoms with Crippen LogP contribution in [0.5, 0.6) is 5.75 Å². The largest absolute Gasteiger partial charge is 0.492 e. The molecule has 8 heteroatoms. The Balaban J connectivity index is 0.00000216. The van der Waals surface area contributed by atoms with Gasteiger partial charge in [0.1, 0.15) is 17.2 Å². The molecule has 3 aromatic heterocycles. The van der Waals surface area contributed by atoms with Crippen LogP contribution in [-0.4, -0.2) is 32.3 Å². The zero-order valence-corrected chi connectivity index (χ0v) is 19.1. The molecule has 33 heavy (non-hydrogen) atoms. The van der Waals surface area contributed by atoms with Gasteiger partial charge in [-0.15, -0.1) is 0 Å². The standard InChI is InChI=1S/C25H26FN5O2.2H2/c1-6-22(32)29-21-8-16(7-20(26)15(21)4)23-19-9-18(33-13-14(2)3)11-27-25(19)30-24(23)17-10-28-31(5)12-17;;/h6-12,14H,1,13H2,2-5H3,(H,27,30)(H,29,32);2*1H. The summed E-state index contributed by atoms with van der Waals surface area (Å²) in [7, 11) is 1.83. The van der Waals surface area contributed by atoms with Gasteiger partial charge in [0.05, 0.1) is 24.7 Å². The number of pyridine rings is 1. The fourth-order valence-electron chi connectivity index (χ4n) is 3.60. The van der Waals surface area contributed by atoms with E-state index < -0.39 is 11.7 Å². The first kappa shape index (κ1) is 22.3. The maximum atomic E-state index is 15.0. The van der Waals surface area contributed by atoms with E-state index in [1.165, 1.54) is 6.07 Å². The van der Waals surface area contributed by atoms with Crippen LogP contribution in [0.4, 0.5) is 10.1 Å². The van der Waals surface area contributed by atoms with Gasteiger partial charge in [0.25, 0.3) is 0 Å². The summed E-state index contributed by atoms with van der Waals surface area (Å²) in [6.45, 7) is 9.79. The number of fused-ring (bicyclic) bond motifs is 1. The molecule has 4 rings (SSSR count). The zero-order valence-electron chi connectivity index (χ0n) is 19.1. The van der Waals surface area contributed by atoms with Gasteiger partial charge in [-0.1, -0.05) is 20.4 Å². The highest BCUT2D eigenvalue weighted by Gasteiger charge is 2.20. The normalized spacial score (nSPS) is 11.2. The number of rotatable bonds is 7. The van der Waals surface area contributed by atoms with E-state index in [2.05, 4.69) is 40.8 Å². The number of aromatic amines is 1. The smallest absolute Gasteiger partial charge is 0.247 e. The molecule has 4 aromatic rings. The summed E-state index contributed by atoms with van der Waals surface area (Å²) in [6, 6.07) is 5.11. The van der Waals surface area contributed by atoms with Crippen LogP contribution in [-0.2, 0) is 11.8 Å². The van der Waals surface area contributed by atoms with E-state index in [0.717, 1.165) is 28.3 Å². The van der Waals surface area contributed by atoms with Crippen LogP contribution in [0.25, 0.3) is 33.4 Å². The Kier molecular flexibility index (Phi) is 6.00. The monoisotopic (exact) mass is 451 g/mol. The first-order chi connectivity index (χ1) is 15.8. The van der Waals surface area contributed by atoms with Gasteiger partial charge < -0.3 is 15.0 Å². The number of benzene rings is 1.